The van der Waals surface area contributed by atoms with Crippen LogP contribution in [0.2, 0.25) is 0 Å². The first-order valence-electron chi connectivity index (χ1n) is 15.9. The number of aliphatic hydroxyl groups excluding tert-OH is 2. The molecule has 0 saturated heterocycles. The van der Waals surface area contributed by atoms with Gasteiger partial charge in [0.15, 0.2) is 11.5 Å². The highest BCUT2D eigenvalue weighted by atomic mass is 19.4. The van der Waals surface area contributed by atoms with Gasteiger partial charge in [0.2, 0.25) is 5.91 Å². The smallest absolute Gasteiger partial charge is 0.416 e. The number of nitrogens with zero attached hydrogens (tertiary/aromatic N) is 1. The van der Waals surface area contributed by atoms with E-state index in [0.29, 0.717) is 23.7 Å². The molecule has 2 aromatic rings. The second-order valence-corrected chi connectivity index (χ2v) is 13.6. The molecular formula is C35H39F3N2O7. The number of carbonyl (C=O) groups is 3. The van der Waals surface area contributed by atoms with Crippen molar-refractivity contribution in [1.29, 1.82) is 0 Å². The van der Waals surface area contributed by atoms with E-state index in [4.69, 9.17) is 9.47 Å². The summed E-state index contributed by atoms with van der Waals surface area (Å²) < 4.78 is 51.8. The van der Waals surface area contributed by atoms with Gasteiger partial charge >= 0.3 is 6.18 Å². The topological polar surface area (TPSA) is 125 Å². The Kier molecular flexibility index (Phi) is 8.63. The third kappa shape index (κ3) is 5.69. The van der Waals surface area contributed by atoms with E-state index in [2.05, 4.69) is 19.2 Å². The minimum Gasteiger partial charge on any atom is -0.493 e. The van der Waals surface area contributed by atoms with E-state index in [1.807, 2.05) is 0 Å². The fraction of sp³-hybridized carbons (Fsp3) is 0.514. The van der Waals surface area contributed by atoms with Gasteiger partial charge in [-0.15, -0.1) is 0 Å². The zero-order chi connectivity index (χ0) is 33.8. The summed E-state index contributed by atoms with van der Waals surface area (Å²) in [6, 6.07) is 5.94. The number of fused-ring (bicyclic) bond motifs is 5. The number of amides is 2. The van der Waals surface area contributed by atoms with Crippen molar-refractivity contribution in [2.75, 3.05) is 26.8 Å². The third-order valence-electron chi connectivity index (χ3n) is 10.9. The molecule has 5 aliphatic rings. The summed E-state index contributed by atoms with van der Waals surface area (Å²) in [5.41, 5.74) is 0.0846. The Balaban J connectivity index is 1.44. The van der Waals surface area contributed by atoms with E-state index in [-0.39, 0.29) is 59.2 Å². The van der Waals surface area contributed by atoms with Crippen LogP contribution in [0.25, 0.3) is 0 Å². The first kappa shape index (κ1) is 33.0. The van der Waals surface area contributed by atoms with Crippen LogP contribution in [0, 0.1) is 23.2 Å². The first-order chi connectivity index (χ1) is 22.3. The molecule has 3 fully saturated rings. The lowest BCUT2D eigenvalue weighted by Gasteiger charge is -2.61. The van der Waals surface area contributed by atoms with Crippen LogP contribution in [-0.2, 0) is 11.0 Å². The number of ether oxygens (including phenoxy) is 2. The number of nitrogens with one attached hydrogen (secondary N) is 1. The molecule has 7 atom stereocenters. The van der Waals surface area contributed by atoms with Crippen molar-refractivity contribution in [2.24, 2.45) is 23.2 Å². The molecule has 1 aliphatic heterocycles. The number of rotatable bonds is 9. The number of benzene rings is 2. The van der Waals surface area contributed by atoms with Crippen molar-refractivity contribution in [2.45, 2.75) is 63.5 Å². The Bertz CT molecular complexity index is 1590. The van der Waals surface area contributed by atoms with E-state index in [1.165, 1.54) is 24.2 Å². The number of aldehydes is 1. The van der Waals surface area contributed by atoms with Gasteiger partial charge in [0.25, 0.3) is 5.91 Å². The highest BCUT2D eigenvalue weighted by molar-refractivity contribution is 5.98. The molecule has 2 bridgehead atoms. The molecule has 3 N–H and O–H groups in total. The molecule has 2 amide bonds. The lowest BCUT2D eigenvalue weighted by molar-refractivity contribution is -0.137. The van der Waals surface area contributed by atoms with Crippen molar-refractivity contribution in [3.63, 3.8) is 0 Å². The van der Waals surface area contributed by atoms with Crippen molar-refractivity contribution in [1.82, 2.24) is 10.2 Å². The Morgan fingerprint density at radius 3 is 2.49 bits per heavy atom. The van der Waals surface area contributed by atoms with Gasteiger partial charge in [0.05, 0.1) is 31.2 Å². The molecule has 47 heavy (non-hydrogen) atoms. The Morgan fingerprint density at radius 2 is 1.89 bits per heavy atom. The van der Waals surface area contributed by atoms with Gasteiger partial charge in [-0.1, -0.05) is 13.8 Å². The predicted octanol–water partition coefficient (Wildman–Crippen LogP) is 4.36. The minimum atomic E-state index is -4.58. The summed E-state index contributed by atoms with van der Waals surface area (Å²) >= 11 is 0. The second kappa shape index (κ2) is 12.3. The van der Waals surface area contributed by atoms with E-state index < -0.39 is 47.7 Å². The van der Waals surface area contributed by atoms with Crippen molar-refractivity contribution in [3.8, 4) is 11.5 Å². The normalized spacial score (nSPS) is 28.5. The largest absolute Gasteiger partial charge is 0.493 e. The first-order valence-corrected chi connectivity index (χ1v) is 15.9. The maximum Gasteiger partial charge on any atom is 0.416 e. The highest BCUT2D eigenvalue weighted by Gasteiger charge is 2.56. The average Bonchev–Trinajstić information content (AvgIpc) is 3.45. The summed E-state index contributed by atoms with van der Waals surface area (Å²) in [5.74, 6) is -0.524. The highest BCUT2D eigenvalue weighted by Crippen LogP contribution is 2.61. The molecule has 0 radical (unpaired) electrons. The van der Waals surface area contributed by atoms with Crippen LogP contribution < -0.4 is 14.8 Å². The SMILES string of the molecule is COc1cc(C=O)cc2c1O[C@@H]1[C@@H](O)[C@H](N(C[C@@H]3CC[C@H]4C[C@@H]3C4(C)C)C(=O)c3ccc(C(F)(F)F)cc3)C=C(C(=O)NCCO)[C@H]21. The van der Waals surface area contributed by atoms with Gasteiger partial charge in [-0.25, -0.2) is 0 Å². The number of halogens is 3. The number of methoxy groups -OCH3 is 1. The quantitative estimate of drug-likeness (QED) is 0.343. The number of alkyl halides is 3. The number of hydrogen-bond donors (Lipinski definition) is 3. The zero-order valence-electron chi connectivity index (χ0n) is 26.4. The number of carbonyl (C=O) groups excluding carboxylic acids is 3. The van der Waals surface area contributed by atoms with Crippen LogP contribution in [0.3, 0.4) is 0 Å². The van der Waals surface area contributed by atoms with Crippen molar-refractivity contribution < 1.29 is 47.2 Å². The third-order valence-corrected chi connectivity index (χ3v) is 10.9. The maximum atomic E-state index is 14.3. The Hall–Kier alpha value is -3.90. The van der Waals surface area contributed by atoms with Crippen LogP contribution in [-0.4, -0.2) is 78.3 Å². The summed E-state index contributed by atoms with van der Waals surface area (Å²) in [5, 5.41) is 24.1. The summed E-state index contributed by atoms with van der Waals surface area (Å²) in [6.45, 7) is 4.27. The zero-order valence-corrected chi connectivity index (χ0v) is 26.4. The van der Waals surface area contributed by atoms with Crippen LogP contribution in [0.1, 0.15) is 70.9 Å². The fourth-order valence-corrected chi connectivity index (χ4v) is 8.30. The standard InChI is InChI=1S/C35H39F3N2O7/c1-34(2)22-9-6-20(25(34)14-22)16-40(33(45)19-4-7-21(8-5-19)35(36,37)38)26-15-24(32(44)39-10-11-41)28-23-12-18(17-42)13-27(46-3)30(23)47-31(28)29(26)43/h4-5,7-8,12-13,15,17,20,22,25-26,28-29,31,41,43H,6,9-11,14,16H2,1-3H3,(H,39,44)/t20-,22-,25-,26+,28-,29-,31-/m0/s1. The predicted molar refractivity (Wildman–Crippen MR) is 164 cm³/mol. The maximum absolute atomic E-state index is 14.3. The molecule has 12 heteroatoms. The van der Waals surface area contributed by atoms with Crippen LogP contribution in [0.5, 0.6) is 11.5 Å². The summed E-state index contributed by atoms with van der Waals surface area (Å²) in [6.07, 6.45) is -2.00. The average molecular weight is 657 g/mol. The monoisotopic (exact) mass is 656 g/mol. The molecule has 252 valence electrons. The molecule has 0 unspecified atom stereocenters. The summed E-state index contributed by atoms with van der Waals surface area (Å²) in [7, 11) is 1.40. The van der Waals surface area contributed by atoms with Gasteiger partial charge in [0, 0.05) is 35.4 Å². The molecule has 0 spiro atoms. The van der Waals surface area contributed by atoms with Crippen LogP contribution in [0.4, 0.5) is 13.2 Å². The van der Waals surface area contributed by atoms with E-state index >= 15 is 0 Å². The van der Waals surface area contributed by atoms with Gasteiger partial charge < -0.3 is 29.9 Å². The molecule has 1 heterocycles. The van der Waals surface area contributed by atoms with E-state index in [0.717, 1.165) is 43.5 Å². The van der Waals surface area contributed by atoms with Crippen molar-refractivity contribution >= 4 is 18.1 Å². The molecule has 9 nitrogen and oxygen atoms in total. The molecule has 4 aliphatic carbocycles. The molecule has 0 aromatic heterocycles. The second-order valence-electron chi connectivity index (χ2n) is 13.6. The Morgan fingerprint density at radius 1 is 1.17 bits per heavy atom. The van der Waals surface area contributed by atoms with Crippen LogP contribution >= 0.6 is 0 Å². The molecule has 2 aromatic carbocycles. The van der Waals surface area contributed by atoms with Gasteiger partial charge in [-0.05, 0) is 84.9 Å². The molecular weight excluding hydrogens is 617 g/mol. The molecule has 3 saturated carbocycles. The van der Waals surface area contributed by atoms with Gasteiger partial charge in [0.1, 0.15) is 18.5 Å². The van der Waals surface area contributed by atoms with Gasteiger partial charge in [-0.2, -0.15) is 13.2 Å². The number of hydrogen-bond acceptors (Lipinski definition) is 7. The van der Waals surface area contributed by atoms with Crippen LogP contribution in [0.15, 0.2) is 48.0 Å². The van der Waals surface area contributed by atoms with E-state index in [1.54, 1.807) is 6.07 Å². The van der Waals surface area contributed by atoms with Crippen molar-refractivity contribution in [3.05, 3.63) is 70.3 Å². The van der Waals surface area contributed by atoms with Gasteiger partial charge in [-0.3, -0.25) is 14.4 Å². The summed E-state index contributed by atoms with van der Waals surface area (Å²) in [4.78, 5) is 41.2. The number of aliphatic hydroxyl groups is 2. The van der Waals surface area contributed by atoms with E-state index in [9.17, 15) is 37.8 Å². The lowest BCUT2D eigenvalue weighted by atomic mass is 9.45. The Labute approximate surface area is 270 Å². The minimum absolute atomic E-state index is 0.0153. The fourth-order valence-electron chi connectivity index (χ4n) is 8.30. The molecule has 7 rings (SSSR count). The lowest BCUT2D eigenvalue weighted by Crippen LogP contribution is -2.59.